The van der Waals surface area contributed by atoms with Crippen molar-refractivity contribution in [3.8, 4) is 0 Å². The number of rotatable bonds is 7. The molecule has 0 spiro atoms. The van der Waals surface area contributed by atoms with E-state index in [-0.39, 0.29) is 0 Å². The van der Waals surface area contributed by atoms with Gasteiger partial charge in [-0.2, -0.15) is 0 Å². The first-order valence-electron chi connectivity index (χ1n) is 11.5. The van der Waals surface area contributed by atoms with Gasteiger partial charge in [-0.05, 0) is 35.4 Å². The van der Waals surface area contributed by atoms with Gasteiger partial charge in [-0.3, -0.25) is 14.6 Å². The molecule has 2 aromatic carbocycles. The molecular formula is C25H32Cl2N4O. The minimum atomic E-state index is 0.291. The molecule has 2 heterocycles. The van der Waals surface area contributed by atoms with E-state index in [2.05, 4.69) is 39.0 Å². The second-order valence-corrected chi connectivity index (χ2v) is 9.65. The molecule has 7 heteroatoms. The largest absolute Gasteiger partial charge is 0.340 e. The molecule has 0 aromatic heterocycles. The average Bonchev–Trinajstić information content (AvgIpc) is 2.82. The van der Waals surface area contributed by atoms with E-state index >= 15 is 0 Å². The topological polar surface area (TPSA) is 30.0 Å². The van der Waals surface area contributed by atoms with Crippen molar-refractivity contribution in [3.63, 3.8) is 0 Å². The van der Waals surface area contributed by atoms with Crippen molar-refractivity contribution in [1.29, 1.82) is 0 Å². The Labute approximate surface area is 201 Å². The van der Waals surface area contributed by atoms with Gasteiger partial charge in [0.15, 0.2) is 0 Å². The molecule has 2 aliphatic rings. The molecule has 0 N–H and O–H groups in total. The summed E-state index contributed by atoms with van der Waals surface area (Å²) in [6.45, 7) is 10.4. The highest BCUT2D eigenvalue weighted by Crippen LogP contribution is 2.15. The van der Waals surface area contributed by atoms with E-state index in [0.717, 1.165) is 82.0 Å². The molecule has 4 rings (SSSR count). The fourth-order valence-corrected chi connectivity index (χ4v) is 4.69. The van der Waals surface area contributed by atoms with Gasteiger partial charge in [-0.15, -0.1) is 0 Å². The quantitative estimate of drug-likeness (QED) is 0.609. The number of halogens is 2. The molecule has 0 radical (unpaired) electrons. The van der Waals surface area contributed by atoms with Crippen LogP contribution in [0.1, 0.15) is 17.5 Å². The summed E-state index contributed by atoms with van der Waals surface area (Å²) < 4.78 is 0. The Morgan fingerprint density at radius 3 is 1.50 bits per heavy atom. The van der Waals surface area contributed by atoms with Gasteiger partial charge < -0.3 is 9.80 Å². The van der Waals surface area contributed by atoms with Gasteiger partial charge in [0, 0.05) is 88.5 Å². The minimum Gasteiger partial charge on any atom is -0.340 e. The van der Waals surface area contributed by atoms with E-state index in [1.807, 2.05) is 29.2 Å². The number of benzene rings is 2. The standard InChI is InChI=1S/C25H32Cl2N4O/c26-23-5-1-21(2-6-23)19-29-13-11-28(12-14-29)10-9-25(32)31-17-15-30(16-18-31)20-22-3-7-24(27)8-4-22/h1-8H,9-20H2. The van der Waals surface area contributed by atoms with Crippen LogP contribution >= 0.6 is 23.2 Å². The number of piperazine rings is 2. The molecule has 2 saturated heterocycles. The van der Waals surface area contributed by atoms with Crippen molar-refractivity contribution in [2.75, 3.05) is 58.9 Å². The highest BCUT2D eigenvalue weighted by molar-refractivity contribution is 6.30. The molecule has 5 nitrogen and oxygen atoms in total. The normalized spacial score (nSPS) is 18.8. The summed E-state index contributed by atoms with van der Waals surface area (Å²) in [5.74, 6) is 0.291. The third kappa shape index (κ3) is 6.93. The lowest BCUT2D eigenvalue weighted by Gasteiger charge is -2.36. The molecular weight excluding hydrogens is 443 g/mol. The van der Waals surface area contributed by atoms with Gasteiger partial charge in [0.2, 0.25) is 5.91 Å². The minimum absolute atomic E-state index is 0.291. The van der Waals surface area contributed by atoms with E-state index in [9.17, 15) is 4.79 Å². The predicted molar refractivity (Wildman–Crippen MR) is 131 cm³/mol. The Hall–Kier alpha value is -1.63. The van der Waals surface area contributed by atoms with E-state index in [0.29, 0.717) is 12.3 Å². The summed E-state index contributed by atoms with van der Waals surface area (Å²) in [4.78, 5) is 22.1. The van der Waals surface area contributed by atoms with Crippen LogP contribution in [0, 0.1) is 0 Å². The Bertz CT molecular complexity index is 859. The molecule has 0 bridgehead atoms. The first-order chi connectivity index (χ1) is 15.5. The first-order valence-corrected chi connectivity index (χ1v) is 12.2. The highest BCUT2D eigenvalue weighted by atomic mass is 35.5. The van der Waals surface area contributed by atoms with E-state index < -0.39 is 0 Å². The van der Waals surface area contributed by atoms with Crippen molar-refractivity contribution in [3.05, 3.63) is 69.7 Å². The maximum absolute atomic E-state index is 12.7. The van der Waals surface area contributed by atoms with Crippen LogP contribution in [0.2, 0.25) is 10.0 Å². The molecule has 1 amide bonds. The highest BCUT2D eigenvalue weighted by Gasteiger charge is 2.23. The van der Waals surface area contributed by atoms with Crippen LogP contribution < -0.4 is 0 Å². The summed E-state index contributed by atoms with van der Waals surface area (Å²) in [6.07, 6.45) is 0.619. The average molecular weight is 475 g/mol. The van der Waals surface area contributed by atoms with Gasteiger partial charge in [0.25, 0.3) is 0 Å². The Morgan fingerprint density at radius 1 is 0.625 bits per heavy atom. The van der Waals surface area contributed by atoms with Crippen LogP contribution in [0.25, 0.3) is 0 Å². The number of carbonyl (C=O) groups excluding carboxylic acids is 1. The fourth-order valence-electron chi connectivity index (χ4n) is 4.43. The molecule has 0 aliphatic carbocycles. The zero-order valence-electron chi connectivity index (χ0n) is 18.6. The lowest BCUT2D eigenvalue weighted by Crippen LogP contribution is -2.50. The van der Waals surface area contributed by atoms with Crippen molar-refractivity contribution >= 4 is 29.1 Å². The van der Waals surface area contributed by atoms with Crippen molar-refractivity contribution < 1.29 is 4.79 Å². The maximum atomic E-state index is 12.7. The molecule has 2 aliphatic heterocycles. The van der Waals surface area contributed by atoms with E-state index in [1.165, 1.54) is 11.1 Å². The van der Waals surface area contributed by atoms with E-state index in [1.54, 1.807) is 0 Å². The molecule has 2 fully saturated rings. The summed E-state index contributed by atoms with van der Waals surface area (Å²) in [6, 6.07) is 16.1. The molecule has 0 atom stereocenters. The number of hydrogen-bond acceptors (Lipinski definition) is 4. The summed E-state index contributed by atoms with van der Waals surface area (Å²) >= 11 is 11.9. The van der Waals surface area contributed by atoms with Crippen LogP contribution in [0.5, 0.6) is 0 Å². The Balaban J connectivity index is 1.12. The zero-order chi connectivity index (χ0) is 22.3. The van der Waals surface area contributed by atoms with Crippen LogP contribution in [0.3, 0.4) is 0 Å². The van der Waals surface area contributed by atoms with Gasteiger partial charge in [-0.25, -0.2) is 0 Å². The lowest BCUT2D eigenvalue weighted by molar-refractivity contribution is -0.133. The van der Waals surface area contributed by atoms with Crippen LogP contribution in [-0.4, -0.2) is 84.4 Å². The summed E-state index contributed by atoms with van der Waals surface area (Å²) in [7, 11) is 0. The number of amides is 1. The van der Waals surface area contributed by atoms with Gasteiger partial charge in [0.05, 0.1) is 0 Å². The predicted octanol–water partition coefficient (Wildman–Crippen LogP) is 3.85. The Morgan fingerprint density at radius 2 is 1.03 bits per heavy atom. The SMILES string of the molecule is O=C(CCN1CCN(Cc2ccc(Cl)cc2)CC1)N1CCN(Cc2ccc(Cl)cc2)CC1. The zero-order valence-corrected chi connectivity index (χ0v) is 20.1. The molecule has 0 unspecified atom stereocenters. The smallest absolute Gasteiger partial charge is 0.223 e. The second kappa shape index (κ2) is 11.5. The second-order valence-electron chi connectivity index (χ2n) is 8.78. The maximum Gasteiger partial charge on any atom is 0.223 e. The summed E-state index contributed by atoms with van der Waals surface area (Å²) in [5.41, 5.74) is 2.57. The molecule has 172 valence electrons. The van der Waals surface area contributed by atoms with Crippen LogP contribution in [0.4, 0.5) is 0 Å². The number of nitrogens with zero attached hydrogens (tertiary/aromatic N) is 4. The molecule has 0 saturated carbocycles. The van der Waals surface area contributed by atoms with E-state index in [4.69, 9.17) is 23.2 Å². The van der Waals surface area contributed by atoms with Gasteiger partial charge >= 0.3 is 0 Å². The Kier molecular flexibility index (Phi) is 8.44. The van der Waals surface area contributed by atoms with Gasteiger partial charge in [-0.1, -0.05) is 47.5 Å². The van der Waals surface area contributed by atoms with Crippen LogP contribution in [0.15, 0.2) is 48.5 Å². The van der Waals surface area contributed by atoms with Crippen molar-refractivity contribution in [1.82, 2.24) is 19.6 Å². The van der Waals surface area contributed by atoms with Crippen LogP contribution in [-0.2, 0) is 17.9 Å². The fraction of sp³-hybridized carbons (Fsp3) is 0.480. The third-order valence-electron chi connectivity index (χ3n) is 6.47. The number of hydrogen-bond donors (Lipinski definition) is 0. The van der Waals surface area contributed by atoms with Crippen molar-refractivity contribution in [2.45, 2.75) is 19.5 Å². The lowest BCUT2D eigenvalue weighted by atomic mass is 10.2. The monoisotopic (exact) mass is 474 g/mol. The first kappa shape index (κ1) is 23.5. The van der Waals surface area contributed by atoms with Gasteiger partial charge in [0.1, 0.15) is 0 Å². The summed E-state index contributed by atoms with van der Waals surface area (Å²) in [5, 5.41) is 1.55. The third-order valence-corrected chi connectivity index (χ3v) is 6.97. The van der Waals surface area contributed by atoms with Crippen molar-refractivity contribution in [2.24, 2.45) is 0 Å². The molecule has 32 heavy (non-hydrogen) atoms. The number of carbonyl (C=O) groups is 1. The molecule has 2 aromatic rings.